The van der Waals surface area contributed by atoms with Gasteiger partial charge in [-0.3, -0.25) is 9.48 Å². The standard InChI is InChI=1S/C21H20BrN3O4S/c1-29-18-7-5-14(6-8-18)20-12-19(21(26)23-16-4-2-3-15(22)11-16)24-25(20)17-9-10-30(27,28)13-17/h2-8,11-12,17H,9-10,13H2,1H3,(H,23,26)/t17-/m1/s1. The summed E-state index contributed by atoms with van der Waals surface area (Å²) in [5.74, 6) is 0.493. The highest BCUT2D eigenvalue weighted by Gasteiger charge is 2.32. The number of sulfone groups is 1. The molecule has 1 amide bonds. The molecule has 1 atom stereocenters. The highest BCUT2D eigenvalue weighted by molar-refractivity contribution is 9.10. The van der Waals surface area contributed by atoms with Gasteiger partial charge in [-0.05, 0) is 55.0 Å². The molecule has 0 radical (unpaired) electrons. The van der Waals surface area contributed by atoms with Crippen LogP contribution >= 0.6 is 15.9 Å². The van der Waals surface area contributed by atoms with E-state index in [0.29, 0.717) is 23.6 Å². The van der Waals surface area contributed by atoms with Gasteiger partial charge in [0, 0.05) is 15.7 Å². The van der Waals surface area contributed by atoms with E-state index in [1.54, 1.807) is 30.0 Å². The lowest BCUT2D eigenvalue weighted by Gasteiger charge is -2.13. The lowest BCUT2D eigenvalue weighted by atomic mass is 10.1. The van der Waals surface area contributed by atoms with Gasteiger partial charge >= 0.3 is 0 Å². The Morgan fingerprint density at radius 3 is 2.60 bits per heavy atom. The second-order valence-electron chi connectivity index (χ2n) is 7.11. The number of ether oxygens (including phenoxy) is 1. The summed E-state index contributed by atoms with van der Waals surface area (Å²) in [5.41, 5.74) is 2.39. The average Bonchev–Trinajstić information content (AvgIpc) is 3.31. The first-order valence-electron chi connectivity index (χ1n) is 9.36. The summed E-state index contributed by atoms with van der Waals surface area (Å²) in [4.78, 5) is 12.8. The van der Waals surface area contributed by atoms with Crippen LogP contribution in [0.2, 0.25) is 0 Å². The van der Waals surface area contributed by atoms with Gasteiger partial charge in [0.05, 0.1) is 30.4 Å². The SMILES string of the molecule is COc1ccc(-c2cc(C(=O)Nc3cccc(Br)c3)nn2[C@@H]2CCS(=O)(=O)C2)cc1. The zero-order chi connectivity index (χ0) is 21.3. The maximum absolute atomic E-state index is 12.8. The first-order chi connectivity index (χ1) is 14.3. The Morgan fingerprint density at radius 1 is 1.20 bits per heavy atom. The number of benzene rings is 2. The fourth-order valence-electron chi connectivity index (χ4n) is 3.49. The molecule has 2 heterocycles. The predicted octanol–water partition coefficient (Wildman–Crippen LogP) is 3.93. The topological polar surface area (TPSA) is 90.3 Å². The number of hydrogen-bond donors (Lipinski definition) is 1. The van der Waals surface area contributed by atoms with E-state index in [1.807, 2.05) is 36.4 Å². The van der Waals surface area contributed by atoms with Gasteiger partial charge < -0.3 is 10.1 Å². The number of hydrogen-bond acceptors (Lipinski definition) is 5. The highest BCUT2D eigenvalue weighted by Crippen LogP contribution is 2.31. The summed E-state index contributed by atoms with van der Waals surface area (Å²) in [6.45, 7) is 0. The van der Waals surface area contributed by atoms with Crippen molar-refractivity contribution in [2.24, 2.45) is 0 Å². The smallest absolute Gasteiger partial charge is 0.276 e. The van der Waals surface area contributed by atoms with Crippen LogP contribution in [0, 0.1) is 0 Å². The Balaban J connectivity index is 1.70. The van der Waals surface area contributed by atoms with E-state index in [1.165, 1.54) is 0 Å². The molecule has 0 bridgehead atoms. The molecule has 1 fully saturated rings. The maximum Gasteiger partial charge on any atom is 0.276 e. The van der Waals surface area contributed by atoms with Crippen molar-refractivity contribution in [1.82, 2.24) is 9.78 Å². The summed E-state index contributed by atoms with van der Waals surface area (Å²) >= 11 is 3.38. The molecule has 7 nitrogen and oxygen atoms in total. The third-order valence-electron chi connectivity index (χ3n) is 4.99. The Morgan fingerprint density at radius 2 is 1.97 bits per heavy atom. The van der Waals surface area contributed by atoms with Crippen molar-refractivity contribution in [2.45, 2.75) is 12.5 Å². The van der Waals surface area contributed by atoms with Gasteiger partial charge in [0.2, 0.25) is 0 Å². The van der Waals surface area contributed by atoms with E-state index in [9.17, 15) is 13.2 Å². The highest BCUT2D eigenvalue weighted by atomic mass is 79.9. The molecular formula is C21H20BrN3O4S. The summed E-state index contributed by atoms with van der Waals surface area (Å²) in [5, 5.41) is 7.33. The summed E-state index contributed by atoms with van der Waals surface area (Å²) in [6, 6.07) is 16.0. The van der Waals surface area contributed by atoms with Gasteiger partial charge in [-0.25, -0.2) is 8.42 Å². The number of nitrogens with zero attached hydrogens (tertiary/aromatic N) is 2. The molecule has 1 aromatic heterocycles. The van der Waals surface area contributed by atoms with Crippen LogP contribution in [-0.4, -0.2) is 42.7 Å². The summed E-state index contributed by atoms with van der Waals surface area (Å²) < 4.78 is 31.8. The number of amides is 1. The van der Waals surface area contributed by atoms with E-state index >= 15 is 0 Å². The van der Waals surface area contributed by atoms with Crippen LogP contribution in [0.25, 0.3) is 11.3 Å². The van der Waals surface area contributed by atoms with Gasteiger partial charge in [-0.2, -0.15) is 5.10 Å². The molecule has 0 saturated carbocycles. The molecule has 1 aliphatic rings. The van der Waals surface area contributed by atoms with Crippen molar-refractivity contribution in [2.75, 3.05) is 23.9 Å². The number of rotatable bonds is 5. The molecule has 1 aliphatic heterocycles. The molecule has 2 aromatic carbocycles. The number of anilines is 1. The molecule has 1 N–H and O–H groups in total. The van der Waals surface area contributed by atoms with Crippen LogP contribution in [-0.2, 0) is 9.84 Å². The first kappa shape index (κ1) is 20.6. The predicted molar refractivity (Wildman–Crippen MR) is 119 cm³/mol. The van der Waals surface area contributed by atoms with Gasteiger partial charge in [-0.1, -0.05) is 22.0 Å². The van der Waals surface area contributed by atoms with Crippen molar-refractivity contribution in [3.05, 3.63) is 64.8 Å². The van der Waals surface area contributed by atoms with Gasteiger partial charge in [0.15, 0.2) is 15.5 Å². The Bertz CT molecular complexity index is 1190. The minimum atomic E-state index is -3.10. The van der Waals surface area contributed by atoms with Crippen molar-refractivity contribution in [3.63, 3.8) is 0 Å². The van der Waals surface area contributed by atoms with Crippen LogP contribution in [0.1, 0.15) is 23.0 Å². The van der Waals surface area contributed by atoms with Crippen LogP contribution in [0.3, 0.4) is 0 Å². The number of nitrogens with one attached hydrogen (secondary N) is 1. The van der Waals surface area contributed by atoms with Crippen molar-refractivity contribution in [3.8, 4) is 17.0 Å². The lowest BCUT2D eigenvalue weighted by molar-refractivity contribution is 0.102. The van der Waals surface area contributed by atoms with E-state index in [2.05, 4.69) is 26.3 Å². The number of carbonyl (C=O) groups excluding carboxylic acids is 1. The second-order valence-corrected chi connectivity index (χ2v) is 10.3. The number of carbonyl (C=O) groups is 1. The van der Waals surface area contributed by atoms with Crippen molar-refractivity contribution in [1.29, 1.82) is 0 Å². The largest absolute Gasteiger partial charge is 0.497 e. The molecule has 4 rings (SSSR count). The zero-order valence-corrected chi connectivity index (χ0v) is 18.6. The summed E-state index contributed by atoms with van der Waals surface area (Å²) in [6.07, 6.45) is 0.472. The normalized spacial score (nSPS) is 17.6. The monoisotopic (exact) mass is 489 g/mol. The Kier molecular flexibility index (Phi) is 5.66. The van der Waals surface area contributed by atoms with Crippen molar-refractivity contribution >= 4 is 37.4 Å². The van der Waals surface area contributed by atoms with Gasteiger partial charge in [-0.15, -0.1) is 0 Å². The maximum atomic E-state index is 12.8. The van der Waals surface area contributed by atoms with Gasteiger partial charge in [0.25, 0.3) is 5.91 Å². The zero-order valence-electron chi connectivity index (χ0n) is 16.2. The quantitative estimate of drug-likeness (QED) is 0.586. The second kappa shape index (κ2) is 8.23. The van der Waals surface area contributed by atoms with Crippen LogP contribution in [0.5, 0.6) is 5.75 Å². The average molecular weight is 490 g/mol. The molecule has 30 heavy (non-hydrogen) atoms. The minimum absolute atomic E-state index is 0.0184. The molecule has 0 spiro atoms. The van der Waals surface area contributed by atoms with Crippen molar-refractivity contribution < 1.29 is 17.9 Å². The molecule has 0 aliphatic carbocycles. The molecular weight excluding hydrogens is 470 g/mol. The number of methoxy groups -OCH3 is 1. The van der Waals surface area contributed by atoms with E-state index < -0.39 is 9.84 Å². The molecule has 1 saturated heterocycles. The van der Waals surface area contributed by atoms with Crippen LogP contribution in [0.15, 0.2) is 59.1 Å². The molecule has 9 heteroatoms. The van der Waals surface area contributed by atoms with E-state index in [0.717, 1.165) is 10.0 Å². The first-order valence-corrected chi connectivity index (χ1v) is 12.0. The molecule has 3 aromatic rings. The van der Waals surface area contributed by atoms with E-state index in [-0.39, 0.29) is 29.1 Å². The molecule has 156 valence electrons. The van der Waals surface area contributed by atoms with Crippen LogP contribution < -0.4 is 10.1 Å². The van der Waals surface area contributed by atoms with E-state index in [4.69, 9.17) is 4.74 Å². The van der Waals surface area contributed by atoms with Crippen LogP contribution in [0.4, 0.5) is 5.69 Å². The number of aromatic nitrogens is 2. The Labute approximate surface area is 183 Å². The van der Waals surface area contributed by atoms with Gasteiger partial charge in [0.1, 0.15) is 5.75 Å². The fraction of sp³-hybridized carbons (Fsp3) is 0.238. The third kappa shape index (κ3) is 4.41. The lowest BCUT2D eigenvalue weighted by Crippen LogP contribution is -2.16. The third-order valence-corrected chi connectivity index (χ3v) is 7.23. The minimum Gasteiger partial charge on any atom is -0.497 e. The Hall–Kier alpha value is -2.65. The molecule has 0 unspecified atom stereocenters. The summed E-state index contributed by atoms with van der Waals surface area (Å²) in [7, 11) is -1.51. The fourth-order valence-corrected chi connectivity index (χ4v) is 5.58. The number of halogens is 1.